The number of hydrogen-bond donors (Lipinski definition) is 1. The third-order valence-corrected chi connectivity index (χ3v) is 1.98. The van der Waals surface area contributed by atoms with Crippen molar-refractivity contribution in [3.8, 4) is 11.8 Å². The minimum Gasteiger partial charge on any atom is -0.506 e. The second-order valence-corrected chi connectivity index (χ2v) is 2.97. The van der Waals surface area contributed by atoms with Crippen molar-refractivity contribution in [2.24, 2.45) is 0 Å². The molecule has 1 rings (SSSR count). The maximum atomic E-state index is 9.20. The van der Waals surface area contributed by atoms with E-state index in [0.29, 0.717) is 5.02 Å². The molecule has 0 radical (unpaired) electrons. The summed E-state index contributed by atoms with van der Waals surface area (Å²) in [6.07, 6.45) is 0. The van der Waals surface area contributed by atoms with Gasteiger partial charge in [-0.15, -0.1) is 0 Å². The minimum absolute atomic E-state index is 0.0243. The minimum atomic E-state index is -0.215. The van der Waals surface area contributed by atoms with Crippen LogP contribution in [0.2, 0.25) is 5.02 Å². The first-order valence-corrected chi connectivity index (χ1v) is 3.91. The lowest BCUT2D eigenvalue weighted by Gasteiger charge is -2.03. The van der Waals surface area contributed by atoms with E-state index in [1.165, 1.54) is 6.07 Å². The molecule has 62 valence electrons. The lowest BCUT2D eigenvalue weighted by Crippen LogP contribution is -1.88. The predicted molar refractivity (Wildman–Crippen MR) is 47.1 cm³/mol. The van der Waals surface area contributed by atoms with E-state index in [0.717, 1.165) is 5.56 Å². The molecule has 1 unspecified atom stereocenters. The number of nitriles is 1. The Hall–Kier alpha value is -1.20. The second kappa shape index (κ2) is 3.46. The van der Waals surface area contributed by atoms with Gasteiger partial charge in [0.25, 0.3) is 0 Å². The SMILES string of the molecule is CC(C#N)c1ccc(Cl)c(O)c1. The fraction of sp³-hybridized carbons (Fsp3) is 0.222. The van der Waals surface area contributed by atoms with Crippen LogP contribution in [-0.2, 0) is 0 Å². The average Bonchev–Trinajstić information content (AvgIpc) is 2.08. The smallest absolute Gasteiger partial charge is 0.134 e. The Bertz CT molecular complexity index is 330. The number of phenolic OH excluding ortho intramolecular Hbond substituents is 1. The third kappa shape index (κ3) is 1.69. The summed E-state index contributed by atoms with van der Waals surface area (Å²) in [7, 11) is 0. The normalized spacial score (nSPS) is 12.1. The lowest BCUT2D eigenvalue weighted by atomic mass is 10.0. The highest BCUT2D eigenvalue weighted by atomic mass is 35.5. The van der Waals surface area contributed by atoms with Crippen molar-refractivity contribution in [3.63, 3.8) is 0 Å². The predicted octanol–water partition coefficient (Wildman–Crippen LogP) is 2.67. The molecule has 12 heavy (non-hydrogen) atoms. The van der Waals surface area contributed by atoms with E-state index in [9.17, 15) is 5.11 Å². The zero-order chi connectivity index (χ0) is 9.14. The zero-order valence-corrected chi connectivity index (χ0v) is 7.34. The van der Waals surface area contributed by atoms with Gasteiger partial charge < -0.3 is 5.11 Å². The number of benzene rings is 1. The van der Waals surface area contributed by atoms with E-state index in [1.807, 2.05) is 0 Å². The molecule has 3 heteroatoms. The van der Waals surface area contributed by atoms with E-state index < -0.39 is 0 Å². The van der Waals surface area contributed by atoms with Crippen LogP contribution in [0.5, 0.6) is 5.75 Å². The molecular weight excluding hydrogens is 174 g/mol. The van der Waals surface area contributed by atoms with Gasteiger partial charge in [-0.05, 0) is 24.6 Å². The topological polar surface area (TPSA) is 44.0 Å². The van der Waals surface area contributed by atoms with Gasteiger partial charge in [-0.1, -0.05) is 17.7 Å². The molecule has 0 amide bonds. The first-order valence-electron chi connectivity index (χ1n) is 3.53. The third-order valence-electron chi connectivity index (χ3n) is 1.66. The summed E-state index contributed by atoms with van der Waals surface area (Å²) >= 11 is 5.60. The number of rotatable bonds is 1. The quantitative estimate of drug-likeness (QED) is 0.724. The van der Waals surface area contributed by atoms with Crippen LogP contribution in [0.25, 0.3) is 0 Å². The van der Waals surface area contributed by atoms with Crippen molar-refractivity contribution in [3.05, 3.63) is 28.8 Å². The van der Waals surface area contributed by atoms with Gasteiger partial charge in [0.15, 0.2) is 0 Å². The Balaban J connectivity index is 3.06. The zero-order valence-electron chi connectivity index (χ0n) is 6.58. The summed E-state index contributed by atoms with van der Waals surface area (Å²) in [4.78, 5) is 0. The molecule has 0 aliphatic heterocycles. The van der Waals surface area contributed by atoms with Crippen LogP contribution < -0.4 is 0 Å². The summed E-state index contributed by atoms with van der Waals surface area (Å²) in [6, 6.07) is 6.90. The average molecular weight is 182 g/mol. The van der Waals surface area contributed by atoms with E-state index in [4.69, 9.17) is 16.9 Å². The largest absolute Gasteiger partial charge is 0.506 e. The maximum Gasteiger partial charge on any atom is 0.134 e. The molecule has 1 atom stereocenters. The van der Waals surface area contributed by atoms with E-state index in [1.54, 1.807) is 19.1 Å². The van der Waals surface area contributed by atoms with Crippen molar-refractivity contribution in [2.45, 2.75) is 12.8 Å². The van der Waals surface area contributed by atoms with Gasteiger partial charge in [0.1, 0.15) is 5.75 Å². The Morgan fingerprint density at radius 1 is 1.58 bits per heavy atom. The number of aromatic hydroxyl groups is 1. The van der Waals surface area contributed by atoms with Crippen molar-refractivity contribution >= 4 is 11.6 Å². The fourth-order valence-electron chi connectivity index (χ4n) is 0.874. The van der Waals surface area contributed by atoms with Gasteiger partial charge in [-0.3, -0.25) is 0 Å². The first kappa shape index (κ1) is 8.89. The first-order chi connectivity index (χ1) is 5.65. The molecule has 2 nitrogen and oxygen atoms in total. The van der Waals surface area contributed by atoms with E-state index >= 15 is 0 Å². The monoisotopic (exact) mass is 181 g/mol. The van der Waals surface area contributed by atoms with Crippen LogP contribution in [0.3, 0.4) is 0 Å². The molecule has 0 saturated heterocycles. The molecule has 0 saturated carbocycles. The number of phenols is 1. The van der Waals surface area contributed by atoms with Crippen LogP contribution in [0.15, 0.2) is 18.2 Å². The van der Waals surface area contributed by atoms with Gasteiger partial charge in [0.05, 0.1) is 17.0 Å². The molecule has 1 aromatic carbocycles. The summed E-state index contributed by atoms with van der Waals surface area (Å²) in [6.45, 7) is 1.77. The van der Waals surface area contributed by atoms with Gasteiger partial charge in [0, 0.05) is 0 Å². The fourth-order valence-corrected chi connectivity index (χ4v) is 0.991. The highest BCUT2D eigenvalue weighted by Gasteiger charge is 2.05. The van der Waals surface area contributed by atoms with Crippen LogP contribution >= 0.6 is 11.6 Å². The van der Waals surface area contributed by atoms with Gasteiger partial charge >= 0.3 is 0 Å². The molecule has 0 heterocycles. The van der Waals surface area contributed by atoms with Crippen molar-refractivity contribution in [1.82, 2.24) is 0 Å². The lowest BCUT2D eigenvalue weighted by molar-refractivity contribution is 0.474. The van der Waals surface area contributed by atoms with Crippen molar-refractivity contribution < 1.29 is 5.11 Å². The standard InChI is InChI=1S/C9H8ClNO/c1-6(5-11)7-2-3-8(10)9(12)4-7/h2-4,6,12H,1H3. The van der Waals surface area contributed by atoms with Crippen LogP contribution in [0.1, 0.15) is 18.4 Å². The molecule has 0 fully saturated rings. The highest BCUT2D eigenvalue weighted by Crippen LogP contribution is 2.26. The molecule has 0 bridgehead atoms. The Labute approximate surface area is 76.0 Å². The highest BCUT2D eigenvalue weighted by molar-refractivity contribution is 6.32. The molecule has 0 aromatic heterocycles. The molecule has 0 aliphatic carbocycles. The maximum absolute atomic E-state index is 9.20. The molecule has 0 spiro atoms. The Morgan fingerprint density at radius 2 is 2.25 bits per heavy atom. The van der Waals surface area contributed by atoms with E-state index in [2.05, 4.69) is 6.07 Å². The van der Waals surface area contributed by atoms with Crippen LogP contribution in [-0.4, -0.2) is 5.11 Å². The number of nitrogens with zero attached hydrogens (tertiary/aromatic N) is 1. The second-order valence-electron chi connectivity index (χ2n) is 2.56. The summed E-state index contributed by atoms with van der Waals surface area (Å²) in [5.74, 6) is -0.190. The number of halogens is 1. The Morgan fingerprint density at radius 3 is 2.75 bits per heavy atom. The molecule has 0 aliphatic rings. The molecule has 1 N–H and O–H groups in total. The van der Waals surface area contributed by atoms with Gasteiger partial charge in [-0.25, -0.2) is 0 Å². The summed E-state index contributed by atoms with van der Waals surface area (Å²) < 4.78 is 0. The van der Waals surface area contributed by atoms with Crippen molar-refractivity contribution in [1.29, 1.82) is 5.26 Å². The van der Waals surface area contributed by atoms with Crippen molar-refractivity contribution in [2.75, 3.05) is 0 Å². The van der Waals surface area contributed by atoms with Gasteiger partial charge in [0.2, 0.25) is 0 Å². The Kier molecular flexibility index (Phi) is 2.57. The number of hydrogen-bond acceptors (Lipinski definition) is 2. The molecular formula is C9H8ClNO. The molecule has 1 aromatic rings. The summed E-state index contributed by atoms with van der Waals surface area (Å²) in [5.41, 5.74) is 0.777. The van der Waals surface area contributed by atoms with Crippen LogP contribution in [0.4, 0.5) is 0 Å². The summed E-state index contributed by atoms with van der Waals surface area (Å²) in [5, 5.41) is 18.1. The van der Waals surface area contributed by atoms with E-state index in [-0.39, 0.29) is 11.7 Å². The van der Waals surface area contributed by atoms with Crippen LogP contribution in [0, 0.1) is 11.3 Å². The van der Waals surface area contributed by atoms with Gasteiger partial charge in [-0.2, -0.15) is 5.26 Å².